The van der Waals surface area contributed by atoms with Crippen molar-refractivity contribution in [2.24, 2.45) is 4.99 Å². The zero-order valence-corrected chi connectivity index (χ0v) is 27.5. The number of ether oxygens (including phenoxy) is 3. The van der Waals surface area contributed by atoms with Crippen molar-refractivity contribution in [1.29, 1.82) is 0 Å². The highest BCUT2D eigenvalue weighted by Crippen LogP contribution is 2.45. The maximum atomic E-state index is 14.2. The molecule has 0 aliphatic carbocycles. The smallest absolute Gasteiger partial charge is 0.306 e. The maximum Gasteiger partial charge on any atom is 0.306 e. The Morgan fingerprint density at radius 2 is 1.83 bits per heavy atom. The number of aliphatic hydroxyl groups excluding tert-OH is 1. The van der Waals surface area contributed by atoms with E-state index < -0.39 is 29.1 Å². The Balaban J connectivity index is 1.68. The van der Waals surface area contributed by atoms with E-state index in [2.05, 4.69) is 10.9 Å². The number of halogens is 3. The standard InChI is InChI=1S/C34H38Cl2FN3O6/c1-33(2,3)46-29(42)15-17-34(32(43)40-38-18-16-22-7-4-5-8-28(22)37)30(26-14-11-24(35)21-27(26)36)45-31(39-34)23-9-12-25(13-10-23)44-20-6-19-41/h4-5,7-14,21,30,38,41H,6,15-20H2,1-3H3,(H,40,43)/t30-,34-/m0/s1. The van der Waals surface area contributed by atoms with Gasteiger partial charge >= 0.3 is 5.97 Å². The monoisotopic (exact) mass is 673 g/mol. The third-order valence-electron chi connectivity index (χ3n) is 7.08. The number of hydrogen-bond acceptors (Lipinski definition) is 8. The largest absolute Gasteiger partial charge is 0.494 e. The van der Waals surface area contributed by atoms with Crippen LogP contribution in [0.15, 0.2) is 71.7 Å². The molecular formula is C34H38Cl2FN3O6. The maximum absolute atomic E-state index is 14.2. The molecule has 0 spiro atoms. The second kappa shape index (κ2) is 15.7. The molecule has 246 valence electrons. The summed E-state index contributed by atoms with van der Waals surface area (Å²) in [5, 5.41) is 9.68. The number of nitrogens with one attached hydrogen (secondary N) is 2. The highest BCUT2D eigenvalue weighted by molar-refractivity contribution is 6.35. The number of amides is 1. The molecule has 4 rings (SSSR count). The molecule has 0 bridgehead atoms. The van der Waals surface area contributed by atoms with Crippen LogP contribution in [0, 0.1) is 5.82 Å². The second-order valence-electron chi connectivity index (χ2n) is 11.8. The summed E-state index contributed by atoms with van der Waals surface area (Å²) in [5.41, 5.74) is 4.66. The number of hydrazine groups is 1. The summed E-state index contributed by atoms with van der Waals surface area (Å²) in [5.74, 6) is -0.699. The van der Waals surface area contributed by atoms with Crippen molar-refractivity contribution < 1.29 is 33.3 Å². The number of carbonyl (C=O) groups is 2. The van der Waals surface area contributed by atoms with Gasteiger partial charge in [0.25, 0.3) is 5.91 Å². The highest BCUT2D eigenvalue weighted by Gasteiger charge is 2.54. The third-order valence-corrected chi connectivity index (χ3v) is 7.65. The van der Waals surface area contributed by atoms with E-state index in [1.54, 1.807) is 81.4 Å². The molecule has 3 aromatic rings. The van der Waals surface area contributed by atoms with Gasteiger partial charge in [-0.25, -0.2) is 14.8 Å². The quantitative estimate of drug-likeness (QED) is 0.107. The first-order valence-electron chi connectivity index (χ1n) is 15.0. The molecule has 1 aliphatic heterocycles. The van der Waals surface area contributed by atoms with E-state index in [-0.39, 0.29) is 42.7 Å². The van der Waals surface area contributed by atoms with Crippen molar-refractivity contribution >= 4 is 41.0 Å². The van der Waals surface area contributed by atoms with E-state index in [0.717, 1.165) is 0 Å². The van der Waals surface area contributed by atoms with Crippen LogP contribution in [0.4, 0.5) is 4.39 Å². The average molecular weight is 675 g/mol. The Bertz CT molecular complexity index is 1550. The summed E-state index contributed by atoms with van der Waals surface area (Å²) in [4.78, 5) is 31.9. The van der Waals surface area contributed by atoms with Crippen molar-refractivity contribution in [1.82, 2.24) is 10.9 Å². The Kier molecular flexibility index (Phi) is 12.0. The van der Waals surface area contributed by atoms with Crippen LogP contribution in [-0.2, 0) is 25.5 Å². The number of rotatable bonds is 14. The molecule has 0 saturated heterocycles. The van der Waals surface area contributed by atoms with Gasteiger partial charge in [0.1, 0.15) is 17.2 Å². The van der Waals surface area contributed by atoms with Gasteiger partial charge in [-0.05, 0) is 81.6 Å². The molecule has 0 aromatic heterocycles. The molecule has 0 radical (unpaired) electrons. The van der Waals surface area contributed by atoms with E-state index in [1.165, 1.54) is 6.07 Å². The first kappa shape index (κ1) is 35.2. The molecule has 0 fully saturated rings. The van der Waals surface area contributed by atoms with Crippen LogP contribution in [0.1, 0.15) is 62.8 Å². The van der Waals surface area contributed by atoms with Crippen LogP contribution in [0.3, 0.4) is 0 Å². The molecule has 0 unspecified atom stereocenters. The molecule has 0 saturated carbocycles. The fraction of sp³-hybridized carbons (Fsp3) is 0.382. The first-order chi connectivity index (χ1) is 21.9. The zero-order valence-electron chi connectivity index (χ0n) is 25.9. The normalized spacial score (nSPS) is 17.6. The van der Waals surface area contributed by atoms with Gasteiger partial charge in [0.15, 0.2) is 11.6 Å². The molecule has 2 atom stereocenters. The molecule has 3 aromatic carbocycles. The predicted molar refractivity (Wildman–Crippen MR) is 175 cm³/mol. The van der Waals surface area contributed by atoms with Crippen LogP contribution in [0.5, 0.6) is 5.75 Å². The van der Waals surface area contributed by atoms with Crippen molar-refractivity contribution in [2.75, 3.05) is 19.8 Å². The van der Waals surface area contributed by atoms with E-state index >= 15 is 0 Å². The Hall–Kier alpha value is -3.70. The molecule has 1 heterocycles. The summed E-state index contributed by atoms with van der Waals surface area (Å²) in [6.07, 6.45) is -0.492. The number of nitrogens with zero attached hydrogens (tertiary/aromatic N) is 1. The van der Waals surface area contributed by atoms with Gasteiger partial charge in [0, 0.05) is 47.2 Å². The summed E-state index contributed by atoms with van der Waals surface area (Å²) < 4.78 is 31.8. The van der Waals surface area contributed by atoms with E-state index in [0.29, 0.717) is 46.9 Å². The van der Waals surface area contributed by atoms with Gasteiger partial charge in [-0.2, -0.15) is 0 Å². The van der Waals surface area contributed by atoms with E-state index in [9.17, 15) is 14.0 Å². The van der Waals surface area contributed by atoms with Crippen molar-refractivity contribution in [3.8, 4) is 5.75 Å². The van der Waals surface area contributed by atoms with E-state index in [4.69, 9.17) is 47.5 Å². The lowest BCUT2D eigenvalue weighted by Crippen LogP contribution is -2.53. The van der Waals surface area contributed by atoms with Crippen molar-refractivity contribution in [3.05, 3.63) is 99.3 Å². The number of benzene rings is 3. The van der Waals surface area contributed by atoms with Crippen LogP contribution < -0.4 is 15.6 Å². The lowest BCUT2D eigenvalue weighted by molar-refractivity contribution is -0.155. The lowest BCUT2D eigenvalue weighted by atomic mass is 9.83. The summed E-state index contributed by atoms with van der Waals surface area (Å²) in [7, 11) is 0. The molecule has 9 nitrogen and oxygen atoms in total. The number of hydrogen-bond donors (Lipinski definition) is 3. The van der Waals surface area contributed by atoms with Gasteiger partial charge in [-0.3, -0.25) is 15.0 Å². The molecular weight excluding hydrogens is 636 g/mol. The van der Waals surface area contributed by atoms with Crippen LogP contribution in [0.25, 0.3) is 0 Å². The van der Waals surface area contributed by atoms with Gasteiger partial charge in [0.05, 0.1) is 6.61 Å². The Labute approximate surface area is 278 Å². The van der Waals surface area contributed by atoms with Gasteiger partial charge in [-0.15, -0.1) is 0 Å². The van der Waals surface area contributed by atoms with Gasteiger partial charge in [-0.1, -0.05) is 47.5 Å². The minimum absolute atomic E-state index is 0.0167. The fourth-order valence-corrected chi connectivity index (χ4v) is 5.40. The van der Waals surface area contributed by atoms with E-state index in [1.807, 2.05) is 0 Å². The minimum Gasteiger partial charge on any atom is -0.494 e. The Morgan fingerprint density at radius 1 is 1.09 bits per heavy atom. The first-order valence-corrected chi connectivity index (χ1v) is 15.7. The average Bonchev–Trinajstić information content (AvgIpc) is 3.39. The number of carbonyl (C=O) groups excluding carboxylic acids is 2. The molecule has 1 amide bonds. The summed E-state index contributed by atoms with van der Waals surface area (Å²) in [6.45, 7) is 5.86. The van der Waals surface area contributed by atoms with Gasteiger partial charge in [0.2, 0.25) is 5.90 Å². The van der Waals surface area contributed by atoms with Crippen LogP contribution in [-0.4, -0.2) is 53.8 Å². The molecule has 46 heavy (non-hydrogen) atoms. The number of aliphatic imine (C=N–C) groups is 1. The summed E-state index contributed by atoms with van der Waals surface area (Å²) >= 11 is 12.8. The fourth-order valence-electron chi connectivity index (χ4n) is 4.90. The zero-order chi connectivity index (χ0) is 33.3. The number of aliphatic hydroxyl groups is 1. The SMILES string of the molecule is CC(C)(C)OC(=O)CC[C@]1(C(=O)NNCCc2ccccc2F)N=C(c2ccc(OCCCO)cc2)O[C@H]1c1ccc(Cl)cc1Cl. The predicted octanol–water partition coefficient (Wildman–Crippen LogP) is 6.14. The minimum atomic E-state index is -1.68. The molecule has 12 heteroatoms. The number of esters is 1. The van der Waals surface area contributed by atoms with Gasteiger partial charge < -0.3 is 19.3 Å². The lowest BCUT2D eigenvalue weighted by Gasteiger charge is -2.31. The Morgan fingerprint density at radius 3 is 2.50 bits per heavy atom. The van der Waals surface area contributed by atoms with Crippen molar-refractivity contribution in [3.63, 3.8) is 0 Å². The third kappa shape index (κ3) is 9.19. The van der Waals surface area contributed by atoms with Crippen LogP contribution >= 0.6 is 23.2 Å². The van der Waals surface area contributed by atoms with Crippen LogP contribution in [0.2, 0.25) is 10.0 Å². The summed E-state index contributed by atoms with van der Waals surface area (Å²) in [6, 6.07) is 18.2. The molecule has 1 aliphatic rings. The van der Waals surface area contributed by atoms with Crippen molar-refractivity contribution in [2.45, 2.75) is 63.7 Å². The topological polar surface area (TPSA) is 118 Å². The second-order valence-corrected chi connectivity index (χ2v) is 12.6. The highest BCUT2D eigenvalue weighted by atomic mass is 35.5. The molecule has 3 N–H and O–H groups in total.